The predicted octanol–water partition coefficient (Wildman–Crippen LogP) is 4.96. The van der Waals surface area contributed by atoms with Crippen molar-refractivity contribution in [3.05, 3.63) is 65.0 Å². The highest BCUT2D eigenvalue weighted by molar-refractivity contribution is 5.96. The van der Waals surface area contributed by atoms with Crippen LogP contribution in [0.3, 0.4) is 0 Å². The molecule has 1 aliphatic carbocycles. The minimum atomic E-state index is -4.82. The number of aliphatic carboxylic acids is 1. The lowest BCUT2D eigenvalue weighted by atomic mass is 9.98. The van der Waals surface area contributed by atoms with Crippen LogP contribution in [0.2, 0.25) is 0 Å². The Bertz CT molecular complexity index is 1090. The molecule has 0 bridgehead atoms. The molecule has 2 aromatic rings. The molecule has 2 N–H and O–H groups in total. The Morgan fingerprint density at radius 2 is 1.82 bits per heavy atom. The van der Waals surface area contributed by atoms with E-state index < -0.39 is 35.0 Å². The van der Waals surface area contributed by atoms with Crippen LogP contribution in [0, 0.1) is 5.82 Å². The summed E-state index contributed by atoms with van der Waals surface area (Å²) in [5, 5.41) is 12.0. The Morgan fingerprint density at radius 3 is 2.44 bits per heavy atom. The molecule has 10 heteroatoms. The van der Waals surface area contributed by atoms with E-state index in [0.717, 1.165) is 18.9 Å². The molecule has 3 rings (SSSR count). The lowest BCUT2D eigenvalue weighted by Crippen LogP contribution is -2.52. The molecular weight excluding hydrogens is 458 g/mol. The second-order valence-electron chi connectivity index (χ2n) is 7.93. The minimum absolute atomic E-state index is 0.121. The number of carbonyl (C=O) groups excluding carboxylic acids is 1. The van der Waals surface area contributed by atoms with Crippen LogP contribution < -0.4 is 14.8 Å². The van der Waals surface area contributed by atoms with Crippen molar-refractivity contribution in [1.82, 2.24) is 5.32 Å². The number of methoxy groups -OCH3 is 1. The fraction of sp³-hybridized carbons (Fsp3) is 0.333. The highest BCUT2D eigenvalue weighted by atomic mass is 19.4. The number of benzene rings is 2. The normalized spacial score (nSPS) is 15.3. The van der Waals surface area contributed by atoms with Crippen molar-refractivity contribution in [2.24, 2.45) is 0 Å². The molecule has 6 nitrogen and oxygen atoms in total. The van der Waals surface area contributed by atoms with Gasteiger partial charge in [-0.25, -0.2) is 9.18 Å². The van der Waals surface area contributed by atoms with Gasteiger partial charge in [-0.2, -0.15) is 13.2 Å². The summed E-state index contributed by atoms with van der Waals surface area (Å²) in [6.07, 6.45) is 0.0759. The zero-order valence-electron chi connectivity index (χ0n) is 18.2. The summed E-state index contributed by atoms with van der Waals surface area (Å²) < 4.78 is 62.9. The van der Waals surface area contributed by atoms with Crippen LogP contribution in [0.1, 0.15) is 42.4 Å². The zero-order valence-corrected chi connectivity index (χ0v) is 18.2. The Kier molecular flexibility index (Phi) is 7.48. The van der Waals surface area contributed by atoms with Gasteiger partial charge in [-0.15, -0.1) is 0 Å². The van der Waals surface area contributed by atoms with E-state index in [1.807, 2.05) is 0 Å². The lowest BCUT2D eigenvalue weighted by molar-refractivity contribution is -0.146. The number of carbonyl (C=O) groups is 2. The highest BCUT2D eigenvalue weighted by Gasteiger charge is 2.42. The summed E-state index contributed by atoms with van der Waals surface area (Å²) in [6, 6.07) is 7.27. The number of carboxylic acid groups (broad SMARTS) is 1. The van der Waals surface area contributed by atoms with Gasteiger partial charge in [0.2, 0.25) is 5.91 Å². The molecule has 182 valence electrons. The Labute approximate surface area is 193 Å². The Morgan fingerprint density at radius 1 is 1.12 bits per heavy atom. The summed E-state index contributed by atoms with van der Waals surface area (Å²) >= 11 is 0. The number of amides is 1. The van der Waals surface area contributed by atoms with Crippen LogP contribution in [0.5, 0.6) is 11.5 Å². The summed E-state index contributed by atoms with van der Waals surface area (Å²) in [4.78, 5) is 23.8. The van der Waals surface area contributed by atoms with Gasteiger partial charge in [-0.3, -0.25) is 4.79 Å². The Balaban J connectivity index is 1.68. The van der Waals surface area contributed by atoms with Crippen molar-refractivity contribution in [1.29, 1.82) is 0 Å². The smallest absolute Gasteiger partial charge is 0.419 e. The maximum atomic E-state index is 13.5. The van der Waals surface area contributed by atoms with Gasteiger partial charge in [-0.05, 0) is 54.3 Å². The summed E-state index contributed by atoms with van der Waals surface area (Å²) in [5.74, 6) is -2.47. The number of carboxylic acids is 1. The Hall–Kier alpha value is -3.56. The van der Waals surface area contributed by atoms with E-state index in [4.69, 9.17) is 9.47 Å². The number of hydrogen-bond donors (Lipinski definition) is 2. The third-order valence-electron chi connectivity index (χ3n) is 5.57. The van der Waals surface area contributed by atoms with E-state index in [1.54, 1.807) is 12.1 Å². The van der Waals surface area contributed by atoms with E-state index in [0.29, 0.717) is 24.5 Å². The minimum Gasteiger partial charge on any atom is -0.493 e. The molecule has 34 heavy (non-hydrogen) atoms. The van der Waals surface area contributed by atoms with E-state index in [-0.39, 0.29) is 23.7 Å². The number of rotatable bonds is 8. The van der Waals surface area contributed by atoms with Crippen molar-refractivity contribution in [3.63, 3.8) is 0 Å². The number of hydrogen-bond acceptors (Lipinski definition) is 4. The first-order valence-corrected chi connectivity index (χ1v) is 10.4. The number of ether oxygens (including phenoxy) is 2. The van der Waals surface area contributed by atoms with Crippen molar-refractivity contribution in [2.75, 3.05) is 7.11 Å². The summed E-state index contributed by atoms with van der Waals surface area (Å²) in [6.45, 7) is -0.255. The van der Waals surface area contributed by atoms with Crippen LogP contribution >= 0.6 is 0 Å². The van der Waals surface area contributed by atoms with E-state index in [9.17, 15) is 32.3 Å². The van der Waals surface area contributed by atoms with Gasteiger partial charge in [0.25, 0.3) is 0 Å². The van der Waals surface area contributed by atoms with Gasteiger partial charge in [0.1, 0.15) is 18.0 Å². The van der Waals surface area contributed by atoms with Crippen LogP contribution in [0.4, 0.5) is 17.6 Å². The molecule has 2 aromatic carbocycles. The molecule has 0 aliphatic heterocycles. The highest BCUT2D eigenvalue weighted by Crippen LogP contribution is 2.33. The van der Waals surface area contributed by atoms with Crippen LogP contribution in [-0.2, 0) is 22.4 Å². The summed E-state index contributed by atoms with van der Waals surface area (Å²) in [5.41, 5.74) is -1.95. The van der Waals surface area contributed by atoms with Crippen LogP contribution in [0.15, 0.2) is 42.5 Å². The fourth-order valence-electron chi connectivity index (χ4n) is 3.77. The molecular formula is C24H23F4NO5. The second-order valence-corrected chi connectivity index (χ2v) is 7.93. The van der Waals surface area contributed by atoms with Crippen molar-refractivity contribution in [3.8, 4) is 11.5 Å². The van der Waals surface area contributed by atoms with Crippen molar-refractivity contribution >= 4 is 18.0 Å². The molecule has 0 spiro atoms. The van der Waals surface area contributed by atoms with E-state index >= 15 is 0 Å². The average Bonchev–Trinajstić information content (AvgIpc) is 3.26. The molecule has 1 saturated carbocycles. The molecule has 0 saturated heterocycles. The van der Waals surface area contributed by atoms with Gasteiger partial charge in [-0.1, -0.05) is 25.0 Å². The first-order chi connectivity index (χ1) is 16.0. The monoisotopic (exact) mass is 481 g/mol. The molecule has 1 aliphatic rings. The van der Waals surface area contributed by atoms with Gasteiger partial charge in [0.15, 0.2) is 11.5 Å². The van der Waals surface area contributed by atoms with E-state index in [1.165, 1.54) is 31.4 Å². The van der Waals surface area contributed by atoms with Crippen LogP contribution in [0.25, 0.3) is 6.08 Å². The third-order valence-corrected chi connectivity index (χ3v) is 5.57. The molecule has 0 radical (unpaired) electrons. The molecule has 1 fully saturated rings. The number of nitrogens with one attached hydrogen (secondary N) is 1. The second kappa shape index (κ2) is 10.1. The first kappa shape index (κ1) is 25.1. The third kappa shape index (κ3) is 5.86. The molecule has 0 heterocycles. The van der Waals surface area contributed by atoms with E-state index in [2.05, 4.69) is 5.32 Å². The maximum absolute atomic E-state index is 13.5. The largest absolute Gasteiger partial charge is 0.493 e. The van der Waals surface area contributed by atoms with Gasteiger partial charge in [0.05, 0.1) is 12.7 Å². The SMILES string of the molecule is COc1cc(C=CC(=O)NC2(C(=O)O)CCCC2)ccc1OCc1ccc(F)c(C(F)(F)F)c1. The van der Waals surface area contributed by atoms with Crippen LogP contribution in [-0.4, -0.2) is 29.6 Å². The number of alkyl halides is 3. The van der Waals surface area contributed by atoms with Crippen molar-refractivity contribution < 1.29 is 41.7 Å². The fourth-order valence-corrected chi connectivity index (χ4v) is 3.77. The average molecular weight is 481 g/mol. The zero-order chi connectivity index (χ0) is 24.9. The molecule has 1 amide bonds. The lowest BCUT2D eigenvalue weighted by Gasteiger charge is -2.24. The summed E-state index contributed by atoms with van der Waals surface area (Å²) in [7, 11) is 1.37. The topological polar surface area (TPSA) is 84.9 Å². The van der Waals surface area contributed by atoms with Gasteiger partial charge < -0.3 is 19.9 Å². The van der Waals surface area contributed by atoms with Gasteiger partial charge in [0, 0.05) is 6.08 Å². The first-order valence-electron chi connectivity index (χ1n) is 10.4. The predicted molar refractivity (Wildman–Crippen MR) is 115 cm³/mol. The molecule has 0 aromatic heterocycles. The number of halogens is 4. The quantitative estimate of drug-likeness (QED) is 0.411. The molecule has 0 unspecified atom stereocenters. The standard InChI is InChI=1S/C24H23F4NO5/c1-33-20-13-15(6-9-21(30)29-23(22(31)32)10-2-3-11-23)5-8-19(20)34-14-16-4-7-18(25)17(12-16)24(26,27)28/h4-9,12-13H,2-3,10-11,14H2,1H3,(H,29,30)(H,31,32). The maximum Gasteiger partial charge on any atom is 0.419 e. The van der Waals surface area contributed by atoms with Gasteiger partial charge >= 0.3 is 12.1 Å². The van der Waals surface area contributed by atoms with Crippen molar-refractivity contribution in [2.45, 2.75) is 44.0 Å². The molecule has 0 atom stereocenters.